The van der Waals surface area contributed by atoms with Gasteiger partial charge in [0.25, 0.3) is 15.7 Å². The molecule has 0 spiro atoms. The van der Waals surface area contributed by atoms with E-state index in [9.17, 15) is 18.5 Å². The van der Waals surface area contributed by atoms with Crippen molar-refractivity contribution in [1.82, 2.24) is 4.72 Å². The predicted molar refractivity (Wildman–Crippen MR) is 72.0 cm³/mol. The molecule has 1 aromatic heterocycles. The normalized spacial score (nSPS) is 15.2. The highest BCUT2D eigenvalue weighted by molar-refractivity contribution is 7.91. The van der Waals surface area contributed by atoms with E-state index in [1.807, 2.05) is 0 Å². The molecular formula is C9H13ClN2O5S2. The van der Waals surface area contributed by atoms with Crippen molar-refractivity contribution in [2.24, 2.45) is 5.92 Å². The van der Waals surface area contributed by atoms with Crippen LogP contribution in [-0.2, 0) is 10.0 Å². The largest absolute Gasteiger partial charge is 0.396 e. The number of aliphatic hydroxyl groups excluding tert-OH is 1. The summed E-state index contributed by atoms with van der Waals surface area (Å²) in [5, 5.41) is 19.6. The summed E-state index contributed by atoms with van der Waals surface area (Å²) >= 11 is 6.24. The molecule has 0 amide bonds. The summed E-state index contributed by atoms with van der Waals surface area (Å²) in [5.41, 5.74) is -0.435. The number of halogens is 1. The van der Waals surface area contributed by atoms with E-state index in [0.717, 1.165) is 6.07 Å². The van der Waals surface area contributed by atoms with E-state index in [2.05, 4.69) is 4.72 Å². The molecule has 2 atom stereocenters. The fourth-order valence-corrected chi connectivity index (χ4v) is 4.21. The highest BCUT2D eigenvalue weighted by atomic mass is 35.5. The minimum atomic E-state index is -3.88. The second kappa shape index (κ2) is 6.14. The Morgan fingerprint density at radius 3 is 2.58 bits per heavy atom. The van der Waals surface area contributed by atoms with Crippen LogP contribution in [0.3, 0.4) is 0 Å². The summed E-state index contributed by atoms with van der Waals surface area (Å²) in [4.78, 5) is 9.88. The van der Waals surface area contributed by atoms with Crippen molar-refractivity contribution >= 4 is 38.6 Å². The summed E-state index contributed by atoms with van der Waals surface area (Å²) in [7, 11) is -3.88. The van der Waals surface area contributed by atoms with E-state index in [-0.39, 0.29) is 21.1 Å². The second-order valence-electron chi connectivity index (χ2n) is 4.05. The number of nitrogens with one attached hydrogen (secondary N) is 1. The van der Waals surface area contributed by atoms with Gasteiger partial charge in [0, 0.05) is 18.7 Å². The Hall–Kier alpha value is -0.740. The number of rotatable bonds is 6. The number of thiophene rings is 1. The summed E-state index contributed by atoms with van der Waals surface area (Å²) in [6.07, 6.45) is 0. The van der Waals surface area contributed by atoms with E-state index in [1.54, 1.807) is 13.8 Å². The summed E-state index contributed by atoms with van der Waals surface area (Å²) in [6, 6.07) is 0.418. The van der Waals surface area contributed by atoms with Crippen molar-refractivity contribution < 1.29 is 18.4 Å². The van der Waals surface area contributed by atoms with Crippen molar-refractivity contribution in [3.63, 3.8) is 0 Å². The lowest BCUT2D eigenvalue weighted by Crippen LogP contribution is -2.37. The van der Waals surface area contributed by atoms with Crippen LogP contribution in [0.1, 0.15) is 13.8 Å². The molecule has 0 saturated carbocycles. The zero-order chi connectivity index (χ0) is 14.8. The fraction of sp³-hybridized carbons (Fsp3) is 0.556. The van der Waals surface area contributed by atoms with Gasteiger partial charge in [0.1, 0.15) is 4.21 Å². The van der Waals surface area contributed by atoms with E-state index in [4.69, 9.17) is 16.7 Å². The topological polar surface area (TPSA) is 110 Å². The maximum absolute atomic E-state index is 12.0. The molecule has 0 radical (unpaired) electrons. The second-order valence-corrected chi connectivity index (χ2v) is 7.65. The average molecular weight is 329 g/mol. The Labute approximate surface area is 119 Å². The molecule has 1 rings (SSSR count). The molecule has 108 valence electrons. The summed E-state index contributed by atoms with van der Waals surface area (Å²) in [5.74, 6) is -0.278. The van der Waals surface area contributed by atoms with Crippen LogP contribution in [0.4, 0.5) is 5.69 Å². The van der Waals surface area contributed by atoms with Gasteiger partial charge in [-0.1, -0.05) is 18.5 Å². The highest BCUT2D eigenvalue weighted by Gasteiger charge is 2.27. The molecule has 2 N–H and O–H groups in total. The van der Waals surface area contributed by atoms with Gasteiger partial charge in [0.15, 0.2) is 4.34 Å². The number of nitro groups is 1. The Kier molecular flexibility index (Phi) is 5.27. The van der Waals surface area contributed by atoms with E-state index in [0.29, 0.717) is 11.3 Å². The SMILES string of the molecule is CC(CO)C(C)NS(=O)(=O)c1cc([N+](=O)[O-])c(Cl)s1. The van der Waals surface area contributed by atoms with Crippen LogP contribution in [0, 0.1) is 16.0 Å². The van der Waals surface area contributed by atoms with Gasteiger partial charge < -0.3 is 5.11 Å². The van der Waals surface area contributed by atoms with Crippen LogP contribution >= 0.6 is 22.9 Å². The minimum Gasteiger partial charge on any atom is -0.396 e. The highest BCUT2D eigenvalue weighted by Crippen LogP contribution is 2.36. The number of hydrogen-bond acceptors (Lipinski definition) is 6. The first kappa shape index (κ1) is 16.3. The van der Waals surface area contributed by atoms with E-state index >= 15 is 0 Å². The number of nitrogens with zero attached hydrogens (tertiary/aromatic N) is 1. The van der Waals surface area contributed by atoms with Gasteiger partial charge in [-0.25, -0.2) is 13.1 Å². The first-order valence-electron chi connectivity index (χ1n) is 5.26. The molecule has 1 heterocycles. The van der Waals surface area contributed by atoms with Crippen LogP contribution in [0.2, 0.25) is 4.34 Å². The van der Waals surface area contributed by atoms with Crippen molar-refractivity contribution in [1.29, 1.82) is 0 Å². The van der Waals surface area contributed by atoms with Gasteiger partial charge in [-0.2, -0.15) is 0 Å². The van der Waals surface area contributed by atoms with Crippen LogP contribution < -0.4 is 4.72 Å². The lowest BCUT2D eigenvalue weighted by Gasteiger charge is -2.18. The molecule has 0 saturated heterocycles. The molecule has 0 aromatic carbocycles. The molecule has 19 heavy (non-hydrogen) atoms. The van der Waals surface area contributed by atoms with E-state index in [1.165, 1.54) is 0 Å². The Bertz CT molecular complexity index is 571. The van der Waals surface area contributed by atoms with Gasteiger partial charge >= 0.3 is 0 Å². The van der Waals surface area contributed by atoms with Crippen LogP contribution in [0.15, 0.2) is 10.3 Å². The molecule has 1 aromatic rings. The molecule has 0 fully saturated rings. The quantitative estimate of drug-likeness (QED) is 0.609. The molecule has 7 nitrogen and oxygen atoms in total. The molecule has 0 aliphatic carbocycles. The summed E-state index contributed by atoms with van der Waals surface area (Å²) < 4.78 is 25.9. The molecule has 0 aliphatic rings. The zero-order valence-corrected chi connectivity index (χ0v) is 12.5. The lowest BCUT2D eigenvalue weighted by molar-refractivity contribution is -0.384. The molecule has 0 aliphatic heterocycles. The number of sulfonamides is 1. The fourth-order valence-electron chi connectivity index (χ4n) is 1.17. The number of aliphatic hydroxyl groups is 1. The van der Waals surface area contributed by atoms with Gasteiger partial charge in [-0.15, -0.1) is 11.3 Å². The first-order chi connectivity index (χ1) is 8.69. The zero-order valence-electron chi connectivity index (χ0n) is 10.2. The van der Waals surface area contributed by atoms with Crippen LogP contribution in [0.25, 0.3) is 0 Å². The first-order valence-corrected chi connectivity index (χ1v) is 7.93. The predicted octanol–water partition coefficient (Wildman–Crippen LogP) is 1.60. The lowest BCUT2D eigenvalue weighted by atomic mass is 10.1. The van der Waals surface area contributed by atoms with Gasteiger partial charge in [-0.3, -0.25) is 10.1 Å². The maximum Gasteiger partial charge on any atom is 0.300 e. The van der Waals surface area contributed by atoms with Crippen molar-refractivity contribution in [2.45, 2.75) is 24.1 Å². The van der Waals surface area contributed by atoms with Crippen molar-refractivity contribution in [2.75, 3.05) is 6.61 Å². The number of hydrogen-bond donors (Lipinski definition) is 2. The van der Waals surface area contributed by atoms with Crippen LogP contribution in [0.5, 0.6) is 0 Å². The third kappa shape index (κ3) is 3.86. The monoisotopic (exact) mass is 328 g/mol. The Morgan fingerprint density at radius 1 is 1.58 bits per heavy atom. The third-order valence-electron chi connectivity index (χ3n) is 2.59. The maximum atomic E-state index is 12.0. The molecule has 10 heteroatoms. The standard InChI is InChI=1S/C9H13ClN2O5S2/c1-5(4-13)6(2)11-19(16,17)8-3-7(12(14)15)9(10)18-8/h3,5-6,11,13H,4H2,1-2H3. The van der Waals surface area contributed by atoms with E-state index < -0.39 is 26.7 Å². The molecule has 2 unspecified atom stereocenters. The van der Waals surface area contributed by atoms with Gasteiger partial charge in [0.2, 0.25) is 0 Å². The average Bonchev–Trinajstić information content (AvgIpc) is 2.70. The minimum absolute atomic E-state index is 0.172. The third-order valence-corrected chi connectivity index (χ3v) is 5.96. The molecule has 0 bridgehead atoms. The molecular weight excluding hydrogens is 316 g/mol. The van der Waals surface area contributed by atoms with Crippen molar-refractivity contribution in [3.8, 4) is 0 Å². The Morgan fingerprint density at radius 2 is 2.16 bits per heavy atom. The van der Waals surface area contributed by atoms with Gasteiger partial charge in [0.05, 0.1) is 4.92 Å². The smallest absolute Gasteiger partial charge is 0.300 e. The van der Waals surface area contributed by atoms with Crippen LogP contribution in [-0.4, -0.2) is 31.1 Å². The van der Waals surface area contributed by atoms with Crippen molar-refractivity contribution in [3.05, 3.63) is 20.5 Å². The summed E-state index contributed by atoms with van der Waals surface area (Å²) in [6.45, 7) is 3.11. The van der Waals surface area contributed by atoms with Gasteiger partial charge in [-0.05, 0) is 12.8 Å². The Balaban J connectivity index is 3.01.